The van der Waals surface area contributed by atoms with Gasteiger partial charge >= 0.3 is 0 Å². The monoisotopic (exact) mass is 428 g/mol. The fourth-order valence-corrected chi connectivity index (χ4v) is 2.63. The minimum atomic E-state index is -0.365. The average molecular weight is 429 g/mol. The predicted molar refractivity (Wildman–Crippen MR) is 115 cm³/mol. The maximum atomic E-state index is 11.8. The summed E-state index contributed by atoms with van der Waals surface area (Å²) in [6.45, 7) is 0.241. The Balaban J connectivity index is 1.42. The first-order valence-electron chi connectivity index (χ1n) is 8.77. The van der Waals surface area contributed by atoms with Crippen LogP contribution in [0.1, 0.15) is 11.1 Å². The van der Waals surface area contributed by atoms with E-state index in [4.69, 9.17) is 32.7 Å². The minimum Gasteiger partial charge on any atom is -0.489 e. The molecular formula is C22H18Cl2N2O3. The van der Waals surface area contributed by atoms with Gasteiger partial charge < -0.3 is 9.47 Å². The van der Waals surface area contributed by atoms with E-state index in [-0.39, 0.29) is 12.5 Å². The van der Waals surface area contributed by atoms with Crippen LogP contribution in [0.4, 0.5) is 0 Å². The number of benzene rings is 3. The number of carbonyl (C=O) groups is 1. The van der Waals surface area contributed by atoms with Gasteiger partial charge in [0.05, 0.1) is 6.21 Å². The van der Waals surface area contributed by atoms with Crippen LogP contribution in [-0.4, -0.2) is 18.7 Å². The maximum Gasteiger partial charge on any atom is 0.277 e. The zero-order valence-electron chi connectivity index (χ0n) is 15.3. The van der Waals surface area contributed by atoms with Crippen LogP contribution in [0.15, 0.2) is 77.9 Å². The number of amides is 1. The zero-order valence-corrected chi connectivity index (χ0v) is 16.9. The molecule has 0 aliphatic carbocycles. The quantitative estimate of drug-likeness (QED) is 0.400. The van der Waals surface area contributed by atoms with Gasteiger partial charge in [0.1, 0.15) is 18.1 Å². The van der Waals surface area contributed by atoms with E-state index in [0.29, 0.717) is 28.2 Å². The van der Waals surface area contributed by atoms with Crippen molar-refractivity contribution in [2.75, 3.05) is 6.61 Å². The fourth-order valence-electron chi connectivity index (χ4n) is 2.32. The van der Waals surface area contributed by atoms with Gasteiger partial charge in [-0.15, -0.1) is 0 Å². The maximum absolute atomic E-state index is 11.8. The van der Waals surface area contributed by atoms with Crippen LogP contribution < -0.4 is 14.9 Å². The van der Waals surface area contributed by atoms with Crippen molar-refractivity contribution >= 4 is 35.3 Å². The second-order valence-electron chi connectivity index (χ2n) is 5.98. The van der Waals surface area contributed by atoms with Crippen molar-refractivity contribution in [3.8, 4) is 11.5 Å². The molecule has 3 aromatic rings. The summed E-state index contributed by atoms with van der Waals surface area (Å²) in [7, 11) is 0. The van der Waals surface area contributed by atoms with E-state index >= 15 is 0 Å². The lowest BCUT2D eigenvalue weighted by Gasteiger charge is -2.07. The Kier molecular flexibility index (Phi) is 7.50. The van der Waals surface area contributed by atoms with Crippen LogP contribution in [0.25, 0.3) is 0 Å². The summed E-state index contributed by atoms with van der Waals surface area (Å²) in [6.07, 6.45) is 1.54. The van der Waals surface area contributed by atoms with Gasteiger partial charge in [-0.1, -0.05) is 41.4 Å². The van der Waals surface area contributed by atoms with E-state index in [1.807, 2.05) is 48.5 Å². The molecular weight excluding hydrogens is 411 g/mol. The predicted octanol–water partition coefficient (Wildman–Crippen LogP) is 5.10. The number of hydrazone groups is 1. The molecule has 0 saturated heterocycles. The lowest BCUT2D eigenvalue weighted by molar-refractivity contribution is -0.123. The summed E-state index contributed by atoms with van der Waals surface area (Å²) in [6, 6.07) is 21.6. The summed E-state index contributed by atoms with van der Waals surface area (Å²) in [5.41, 5.74) is 4.15. The van der Waals surface area contributed by atoms with Crippen molar-refractivity contribution < 1.29 is 14.3 Å². The molecule has 29 heavy (non-hydrogen) atoms. The summed E-state index contributed by atoms with van der Waals surface area (Å²) in [5, 5.41) is 5.20. The van der Waals surface area contributed by atoms with Gasteiger partial charge in [-0.25, -0.2) is 5.43 Å². The molecule has 1 amide bonds. The van der Waals surface area contributed by atoms with E-state index in [9.17, 15) is 4.79 Å². The summed E-state index contributed by atoms with van der Waals surface area (Å²) < 4.78 is 11.1. The molecule has 0 atom stereocenters. The Hall–Kier alpha value is -3.02. The number of rotatable bonds is 8. The number of hydrogen-bond acceptors (Lipinski definition) is 4. The number of ether oxygens (including phenoxy) is 2. The van der Waals surface area contributed by atoms with Crippen molar-refractivity contribution in [2.45, 2.75) is 6.61 Å². The topological polar surface area (TPSA) is 59.9 Å². The van der Waals surface area contributed by atoms with Gasteiger partial charge in [0.2, 0.25) is 0 Å². The highest BCUT2D eigenvalue weighted by Crippen LogP contribution is 2.19. The van der Waals surface area contributed by atoms with Crippen LogP contribution in [0, 0.1) is 0 Å². The summed E-state index contributed by atoms with van der Waals surface area (Å²) in [5.74, 6) is 0.902. The zero-order chi connectivity index (χ0) is 20.5. The highest BCUT2D eigenvalue weighted by atomic mass is 35.5. The Bertz CT molecular complexity index is 974. The molecule has 148 valence electrons. The molecule has 0 unspecified atom stereocenters. The first-order valence-corrected chi connectivity index (χ1v) is 9.52. The molecule has 0 aliphatic heterocycles. The van der Waals surface area contributed by atoms with Gasteiger partial charge in [0.25, 0.3) is 5.91 Å². The van der Waals surface area contributed by atoms with Crippen molar-refractivity contribution in [2.24, 2.45) is 5.10 Å². The third-order valence-electron chi connectivity index (χ3n) is 3.82. The summed E-state index contributed by atoms with van der Waals surface area (Å²) >= 11 is 11.9. The third kappa shape index (κ3) is 6.82. The molecule has 0 aromatic heterocycles. The third-order valence-corrected chi connectivity index (χ3v) is 4.44. The van der Waals surface area contributed by atoms with E-state index in [1.165, 1.54) is 6.21 Å². The number of nitrogens with zero attached hydrogens (tertiary/aromatic N) is 1. The number of hydrogen-bond donors (Lipinski definition) is 1. The lowest BCUT2D eigenvalue weighted by Crippen LogP contribution is -2.24. The molecule has 0 fully saturated rings. The molecule has 0 bridgehead atoms. The van der Waals surface area contributed by atoms with Crippen molar-refractivity contribution in [1.82, 2.24) is 5.43 Å². The second kappa shape index (κ2) is 10.5. The fraction of sp³-hybridized carbons (Fsp3) is 0.0909. The van der Waals surface area contributed by atoms with Gasteiger partial charge in [-0.2, -0.15) is 5.10 Å². The molecule has 0 heterocycles. The Morgan fingerprint density at radius 3 is 2.28 bits per heavy atom. The first-order chi connectivity index (χ1) is 14.1. The SMILES string of the molecule is O=C(COc1ccc(Cl)cc1)N/N=C/c1ccc(OCc2ccccc2Cl)cc1. The molecule has 5 nitrogen and oxygen atoms in total. The van der Waals surface area contributed by atoms with Gasteiger partial charge in [0, 0.05) is 15.6 Å². The van der Waals surface area contributed by atoms with E-state index < -0.39 is 0 Å². The van der Waals surface area contributed by atoms with Gasteiger partial charge in [-0.05, 0) is 60.2 Å². The van der Waals surface area contributed by atoms with E-state index in [2.05, 4.69) is 10.5 Å². The van der Waals surface area contributed by atoms with E-state index in [0.717, 1.165) is 11.1 Å². The number of nitrogens with one attached hydrogen (secondary N) is 1. The van der Waals surface area contributed by atoms with Crippen LogP contribution in [0.5, 0.6) is 11.5 Å². The molecule has 0 aliphatic rings. The lowest BCUT2D eigenvalue weighted by atomic mass is 10.2. The first kappa shape index (κ1) is 20.7. The van der Waals surface area contributed by atoms with Crippen molar-refractivity contribution in [1.29, 1.82) is 0 Å². The summed E-state index contributed by atoms with van der Waals surface area (Å²) in [4.78, 5) is 11.8. The highest BCUT2D eigenvalue weighted by molar-refractivity contribution is 6.31. The molecule has 3 aromatic carbocycles. The molecule has 1 N–H and O–H groups in total. The standard InChI is InChI=1S/C22H18Cl2N2O3/c23-18-7-11-20(12-8-18)29-15-22(27)26-25-13-16-5-9-19(10-6-16)28-14-17-3-1-2-4-21(17)24/h1-13H,14-15H2,(H,26,27)/b25-13+. The molecule has 3 rings (SSSR count). The van der Waals surface area contributed by atoms with Crippen LogP contribution >= 0.6 is 23.2 Å². The Morgan fingerprint density at radius 2 is 1.55 bits per heavy atom. The Labute approximate surface area is 178 Å². The Morgan fingerprint density at radius 1 is 0.897 bits per heavy atom. The van der Waals surface area contributed by atoms with Crippen LogP contribution in [0.3, 0.4) is 0 Å². The van der Waals surface area contributed by atoms with E-state index in [1.54, 1.807) is 24.3 Å². The van der Waals surface area contributed by atoms with Gasteiger partial charge in [0.15, 0.2) is 6.61 Å². The second-order valence-corrected chi connectivity index (χ2v) is 6.83. The normalized spacial score (nSPS) is 10.7. The van der Waals surface area contributed by atoms with Gasteiger partial charge in [-0.3, -0.25) is 4.79 Å². The molecule has 7 heteroatoms. The molecule has 0 radical (unpaired) electrons. The molecule has 0 spiro atoms. The minimum absolute atomic E-state index is 0.145. The highest BCUT2D eigenvalue weighted by Gasteiger charge is 2.02. The number of carbonyl (C=O) groups excluding carboxylic acids is 1. The smallest absolute Gasteiger partial charge is 0.277 e. The van der Waals surface area contributed by atoms with Crippen molar-refractivity contribution in [3.63, 3.8) is 0 Å². The average Bonchev–Trinajstić information content (AvgIpc) is 2.74. The number of halogens is 2. The largest absolute Gasteiger partial charge is 0.489 e. The van der Waals surface area contributed by atoms with Crippen LogP contribution in [0.2, 0.25) is 10.0 Å². The van der Waals surface area contributed by atoms with Crippen LogP contribution in [-0.2, 0) is 11.4 Å². The van der Waals surface area contributed by atoms with Crippen molar-refractivity contribution in [3.05, 3.63) is 94.0 Å². The molecule has 0 saturated carbocycles.